The van der Waals surface area contributed by atoms with Gasteiger partial charge in [-0.05, 0) is 12.5 Å². The normalized spacial score (nSPS) is 10.9. The molecule has 0 aromatic heterocycles. The number of hydrogen-bond acceptors (Lipinski definition) is 3. The van der Waals surface area contributed by atoms with Crippen molar-refractivity contribution in [3.63, 3.8) is 0 Å². The van der Waals surface area contributed by atoms with Gasteiger partial charge in [0.05, 0.1) is 0 Å². The van der Waals surface area contributed by atoms with Crippen LogP contribution in [0.4, 0.5) is 0 Å². The van der Waals surface area contributed by atoms with Gasteiger partial charge in [-0.2, -0.15) is 0 Å². The van der Waals surface area contributed by atoms with Crippen molar-refractivity contribution in [1.29, 1.82) is 0 Å². The highest BCUT2D eigenvalue weighted by atomic mass is 16.4. The van der Waals surface area contributed by atoms with Gasteiger partial charge in [0, 0.05) is 12.0 Å². The fourth-order valence-electron chi connectivity index (χ4n) is 0.684. The Labute approximate surface area is 74.6 Å². The summed E-state index contributed by atoms with van der Waals surface area (Å²) in [4.78, 5) is 20.5. The number of allylic oxidation sites excluding steroid dienone is 1. The van der Waals surface area contributed by atoms with Crippen molar-refractivity contribution < 1.29 is 24.9 Å². The Hall–Kier alpha value is -1.78. The maximum atomic E-state index is 10.4. The van der Waals surface area contributed by atoms with E-state index in [1.54, 1.807) is 0 Å². The number of rotatable bonds is 5. The minimum absolute atomic E-state index is 0.135. The second-order valence-electron chi connectivity index (χ2n) is 2.36. The van der Waals surface area contributed by atoms with E-state index in [1.807, 2.05) is 0 Å². The molecular weight excluding hydrogens is 176 g/mol. The van der Waals surface area contributed by atoms with Gasteiger partial charge in [-0.15, -0.1) is 0 Å². The fourth-order valence-corrected chi connectivity index (χ4v) is 0.684. The van der Waals surface area contributed by atoms with Crippen LogP contribution < -0.4 is 0 Å². The maximum Gasteiger partial charge on any atom is 0.331 e. The maximum absolute atomic E-state index is 10.4. The molecule has 0 heterocycles. The molecule has 0 bridgehead atoms. The SMILES string of the molecule is C=C(O)/C=C(/CCC(=O)O)C(=O)O. The van der Waals surface area contributed by atoms with Crippen molar-refractivity contribution in [1.82, 2.24) is 0 Å². The van der Waals surface area contributed by atoms with E-state index >= 15 is 0 Å². The second-order valence-corrected chi connectivity index (χ2v) is 2.36. The zero-order valence-electron chi connectivity index (χ0n) is 6.86. The standard InChI is InChI=1S/C8H10O5/c1-5(9)4-6(8(12)13)2-3-7(10)11/h4,9H,1-3H2,(H,10,11)(H,12,13)/b6-4-. The highest BCUT2D eigenvalue weighted by molar-refractivity contribution is 5.87. The van der Waals surface area contributed by atoms with Crippen LogP contribution in [0.15, 0.2) is 24.0 Å². The number of aliphatic hydroxyl groups is 1. The first kappa shape index (κ1) is 11.2. The van der Waals surface area contributed by atoms with Gasteiger partial charge in [0.15, 0.2) is 0 Å². The van der Waals surface area contributed by atoms with Crippen LogP contribution in [0.25, 0.3) is 0 Å². The van der Waals surface area contributed by atoms with Crippen molar-refractivity contribution >= 4 is 11.9 Å². The van der Waals surface area contributed by atoms with Crippen molar-refractivity contribution in [2.45, 2.75) is 12.8 Å². The third-order valence-electron chi connectivity index (χ3n) is 1.22. The van der Waals surface area contributed by atoms with Crippen LogP contribution in [0, 0.1) is 0 Å². The molecule has 3 N–H and O–H groups in total. The van der Waals surface area contributed by atoms with Crippen molar-refractivity contribution in [3.05, 3.63) is 24.0 Å². The molecule has 5 nitrogen and oxygen atoms in total. The van der Waals surface area contributed by atoms with Crippen LogP contribution in [0.2, 0.25) is 0 Å². The summed E-state index contributed by atoms with van der Waals surface area (Å²) >= 11 is 0. The summed E-state index contributed by atoms with van der Waals surface area (Å²) in [5.41, 5.74) is -0.171. The van der Waals surface area contributed by atoms with Crippen LogP contribution in [0.1, 0.15) is 12.8 Å². The zero-order valence-corrected chi connectivity index (χ0v) is 6.86. The van der Waals surface area contributed by atoms with Gasteiger partial charge in [0.1, 0.15) is 5.76 Å². The van der Waals surface area contributed by atoms with Crippen molar-refractivity contribution in [3.8, 4) is 0 Å². The number of hydrogen-bond donors (Lipinski definition) is 3. The number of aliphatic carboxylic acids is 2. The molecule has 0 radical (unpaired) electrons. The Morgan fingerprint density at radius 1 is 1.15 bits per heavy atom. The monoisotopic (exact) mass is 186 g/mol. The molecule has 0 fully saturated rings. The summed E-state index contributed by atoms with van der Waals surface area (Å²) in [6.07, 6.45) is 0.515. The largest absolute Gasteiger partial charge is 0.509 e. The molecule has 0 rings (SSSR count). The molecule has 72 valence electrons. The molecular formula is C8H10O5. The molecule has 0 amide bonds. The van der Waals surface area contributed by atoms with E-state index in [-0.39, 0.29) is 18.4 Å². The lowest BCUT2D eigenvalue weighted by Crippen LogP contribution is -2.04. The molecule has 0 aliphatic rings. The molecule has 0 aromatic carbocycles. The fraction of sp³-hybridized carbons (Fsp3) is 0.250. The summed E-state index contributed by atoms with van der Waals surface area (Å²) < 4.78 is 0. The summed E-state index contributed by atoms with van der Waals surface area (Å²) in [5, 5.41) is 25.5. The molecule has 13 heavy (non-hydrogen) atoms. The molecule has 0 atom stereocenters. The third-order valence-corrected chi connectivity index (χ3v) is 1.22. The van der Waals surface area contributed by atoms with E-state index in [9.17, 15) is 9.59 Å². The molecule has 0 saturated heterocycles. The van der Waals surface area contributed by atoms with E-state index in [2.05, 4.69) is 6.58 Å². The van der Waals surface area contributed by atoms with Gasteiger partial charge in [-0.25, -0.2) is 4.79 Å². The van der Waals surface area contributed by atoms with E-state index in [4.69, 9.17) is 15.3 Å². The smallest absolute Gasteiger partial charge is 0.331 e. The average Bonchev–Trinajstić information content (AvgIpc) is 1.96. The molecule has 0 spiro atoms. The molecule has 0 aliphatic carbocycles. The van der Waals surface area contributed by atoms with Crippen LogP contribution >= 0.6 is 0 Å². The van der Waals surface area contributed by atoms with Gasteiger partial charge in [-0.3, -0.25) is 4.79 Å². The Morgan fingerprint density at radius 3 is 2.00 bits per heavy atom. The van der Waals surface area contributed by atoms with Gasteiger partial charge in [-0.1, -0.05) is 6.58 Å². The van der Waals surface area contributed by atoms with Crippen molar-refractivity contribution in [2.75, 3.05) is 0 Å². The molecule has 0 unspecified atom stereocenters. The van der Waals surface area contributed by atoms with Crippen molar-refractivity contribution in [2.24, 2.45) is 0 Å². The van der Waals surface area contributed by atoms with Gasteiger partial charge >= 0.3 is 11.9 Å². The summed E-state index contributed by atoms with van der Waals surface area (Å²) in [6.45, 7) is 3.07. The van der Waals surface area contributed by atoms with E-state index in [1.165, 1.54) is 0 Å². The Kier molecular flexibility index (Phi) is 4.29. The summed E-state index contributed by atoms with van der Waals surface area (Å²) in [7, 11) is 0. The molecule has 0 aromatic rings. The predicted molar refractivity (Wildman–Crippen MR) is 44.4 cm³/mol. The Balaban J connectivity index is 4.36. The molecule has 0 saturated carbocycles. The second kappa shape index (κ2) is 4.97. The highest BCUT2D eigenvalue weighted by Gasteiger charge is 2.09. The zero-order chi connectivity index (χ0) is 10.4. The topological polar surface area (TPSA) is 94.8 Å². The number of carbonyl (C=O) groups is 2. The van der Waals surface area contributed by atoms with Gasteiger partial charge in [0.25, 0.3) is 0 Å². The van der Waals surface area contributed by atoms with Gasteiger partial charge < -0.3 is 15.3 Å². The summed E-state index contributed by atoms with van der Waals surface area (Å²) in [5.74, 6) is -2.74. The third kappa shape index (κ3) is 5.49. The molecule has 0 aliphatic heterocycles. The van der Waals surface area contributed by atoms with Crippen LogP contribution in [-0.4, -0.2) is 27.3 Å². The van der Waals surface area contributed by atoms with Crippen LogP contribution in [0.3, 0.4) is 0 Å². The lowest BCUT2D eigenvalue weighted by atomic mass is 10.1. The Morgan fingerprint density at radius 2 is 1.69 bits per heavy atom. The lowest BCUT2D eigenvalue weighted by molar-refractivity contribution is -0.137. The first-order chi connectivity index (χ1) is 5.93. The minimum atomic E-state index is -1.25. The first-order valence-corrected chi connectivity index (χ1v) is 3.47. The quantitative estimate of drug-likeness (QED) is 0.337. The van der Waals surface area contributed by atoms with E-state index in [0.717, 1.165) is 6.08 Å². The van der Waals surface area contributed by atoms with Crippen LogP contribution in [0.5, 0.6) is 0 Å². The average molecular weight is 186 g/mol. The molecule has 5 heteroatoms. The first-order valence-electron chi connectivity index (χ1n) is 3.47. The van der Waals surface area contributed by atoms with E-state index in [0.29, 0.717) is 0 Å². The minimum Gasteiger partial charge on any atom is -0.509 e. The number of aliphatic hydroxyl groups excluding tert-OH is 1. The number of carboxylic acid groups (broad SMARTS) is 2. The highest BCUT2D eigenvalue weighted by Crippen LogP contribution is 2.07. The lowest BCUT2D eigenvalue weighted by Gasteiger charge is -1.98. The predicted octanol–water partition coefficient (Wildman–Crippen LogP) is 0.934. The summed E-state index contributed by atoms with van der Waals surface area (Å²) in [6, 6.07) is 0. The van der Waals surface area contributed by atoms with E-state index < -0.39 is 17.7 Å². The van der Waals surface area contributed by atoms with Crippen LogP contribution in [-0.2, 0) is 9.59 Å². The Bertz CT molecular complexity index is 264. The number of carboxylic acids is 2. The van der Waals surface area contributed by atoms with Gasteiger partial charge in [0.2, 0.25) is 0 Å².